The first-order chi connectivity index (χ1) is 9.83. The topological polar surface area (TPSA) is 26.0 Å². The zero-order valence-electron chi connectivity index (χ0n) is 11.1. The minimum Gasteiger partial charge on any atom is -0.398 e. The van der Waals surface area contributed by atoms with Gasteiger partial charge < -0.3 is 5.73 Å². The molecule has 0 spiro atoms. The highest BCUT2D eigenvalue weighted by atomic mass is 14.6. The predicted octanol–water partition coefficient (Wildman–Crippen LogP) is 4.51. The summed E-state index contributed by atoms with van der Waals surface area (Å²) in [6.45, 7) is 0. The van der Waals surface area contributed by atoms with Crippen molar-refractivity contribution < 1.29 is 0 Å². The number of nitrogen functional groups attached to an aromatic ring is 1. The molecule has 0 bridgehead atoms. The fourth-order valence-corrected chi connectivity index (χ4v) is 3.07. The first-order valence-electron chi connectivity index (χ1n) is 6.89. The smallest absolute Gasteiger partial charge is 0.0393 e. The molecule has 0 atom stereocenters. The molecular weight excluding hydrogens is 242 g/mol. The van der Waals surface area contributed by atoms with Crippen LogP contribution in [0.2, 0.25) is 0 Å². The van der Waals surface area contributed by atoms with Crippen LogP contribution >= 0.6 is 0 Å². The van der Waals surface area contributed by atoms with Crippen LogP contribution in [0, 0.1) is 0 Å². The Morgan fingerprint density at radius 2 is 1.35 bits per heavy atom. The molecule has 0 fully saturated rings. The molecule has 0 saturated carbocycles. The Kier molecular flexibility index (Phi) is 2.40. The predicted molar refractivity (Wildman–Crippen MR) is 84.5 cm³/mol. The molecule has 1 heteroatoms. The van der Waals surface area contributed by atoms with Crippen LogP contribution in [0.25, 0.3) is 22.3 Å². The van der Waals surface area contributed by atoms with Gasteiger partial charge in [0.25, 0.3) is 0 Å². The number of hydrogen-bond donors (Lipinski definition) is 1. The molecule has 0 saturated heterocycles. The Hall–Kier alpha value is -2.54. The molecule has 0 amide bonds. The summed E-state index contributed by atoms with van der Waals surface area (Å²) in [4.78, 5) is 0. The average molecular weight is 257 g/mol. The zero-order valence-corrected chi connectivity index (χ0v) is 11.1. The van der Waals surface area contributed by atoms with Gasteiger partial charge in [-0.25, -0.2) is 0 Å². The van der Waals surface area contributed by atoms with Crippen LogP contribution in [0.1, 0.15) is 11.1 Å². The lowest BCUT2D eigenvalue weighted by Crippen LogP contribution is -1.90. The first kappa shape index (κ1) is 11.3. The van der Waals surface area contributed by atoms with Crippen LogP contribution in [0.3, 0.4) is 0 Å². The largest absolute Gasteiger partial charge is 0.398 e. The van der Waals surface area contributed by atoms with E-state index in [-0.39, 0.29) is 0 Å². The minimum atomic E-state index is 0.836. The molecule has 20 heavy (non-hydrogen) atoms. The van der Waals surface area contributed by atoms with E-state index in [0.29, 0.717) is 0 Å². The van der Waals surface area contributed by atoms with Gasteiger partial charge in [0, 0.05) is 11.3 Å². The van der Waals surface area contributed by atoms with Crippen LogP contribution in [-0.4, -0.2) is 0 Å². The van der Waals surface area contributed by atoms with Gasteiger partial charge in [-0.05, 0) is 40.3 Å². The van der Waals surface area contributed by atoms with Crippen molar-refractivity contribution in [3.63, 3.8) is 0 Å². The van der Waals surface area contributed by atoms with Crippen molar-refractivity contribution in [1.29, 1.82) is 0 Å². The van der Waals surface area contributed by atoms with Crippen LogP contribution in [0.15, 0.2) is 66.7 Å². The highest BCUT2D eigenvalue weighted by Gasteiger charge is 2.18. The van der Waals surface area contributed by atoms with E-state index in [2.05, 4.69) is 48.5 Å². The quantitative estimate of drug-likeness (QED) is 0.499. The van der Waals surface area contributed by atoms with Crippen LogP contribution in [0.5, 0.6) is 0 Å². The summed E-state index contributed by atoms with van der Waals surface area (Å²) >= 11 is 0. The summed E-state index contributed by atoms with van der Waals surface area (Å²) in [5.74, 6) is 0. The lowest BCUT2D eigenvalue weighted by Gasteiger charge is -2.08. The van der Waals surface area contributed by atoms with Crippen molar-refractivity contribution in [2.75, 3.05) is 5.73 Å². The number of para-hydroxylation sites is 1. The molecule has 4 rings (SSSR count). The molecule has 1 nitrogen and oxygen atoms in total. The third kappa shape index (κ3) is 1.64. The Morgan fingerprint density at radius 1 is 0.650 bits per heavy atom. The average Bonchev–Trinajstić information content (AvgIpc) is 2.85. The normalized spacial score (nSPS) is 12.0. The van der Waals surface area contributed by atoms with Crippen molar-refractivity contribution in [3.05, 3.63) is 77.9 Å². The maximum atomic E-state index is 6.08. The second-order valence-corrected chi connectivity index (χ2v) is 5.29. The third-order valence-electron chi connectivity index (χ3n) is 4.07. The van der Waals surface area contributed by atoms with Crippen molar-refractivity contribution in [1.82, 2.24) is 0 Å². The molecule has 0 aromatic heterocycles. The van der Waals surface area contributed by atoms with Crippen molar-refractivity contribution in [3.8, 4) is 22.3 Å². The highest BCUT2D eigenvalue weighted by Crippen LogP contribution is 2.39. The van der Waals surface area contributed by atoms with E-state index >= 15 is 0 Å². The Labute approximate surface area is 118 Å². The molecule has 0 aliphatic heterocycles. The maximum Gasteiger partial charge on any atom is 0.0393 e. The van der Waals surface area contributed by atoms with E-state index in [9.17, 15) is 0 Å². The summed E-state index contributed by atoms with van der Waals surface area (Å²) in [6, 6.07) is 23.4. The van der Waals surface area contributed by atoms with Gasteiger partial charge in [0.05, 0.1) is 0 Å². The van der Waals surface area contributed by atoms with Crippen molar-refractivity contribution in [2.45, 2.75) is 6.42 Å². The van der Waals surface area contributed by atoms with E-state index < -0.39 is 0 Å². The standard InChI is InChI=1S/C19H15N/c20-19-8-4-3-7-18(19)14-9-10-17-15(12-14)11-13-5-1-2-6-16(13)17/h1-10,12H,11,20H2. The van der Waals surface area contributed by atoms with Gasteiger partial charge >= 0.3 is 0 Å². The molecule has 0 radical (unpaired) electrons. The summed E-state index contributed by atoms with van der Waals surface area (Å²) < 4.78 is 0. The monoisotopic (exact) mass is 257 g/mol. The SMILES string of the molecule is Nc1ccccc1-c1ccc2c(c1)Cc1ccccc1-2. The van der Waals surface area contributed by atoms with E-state index in [1.54, 1.807) is 0 Å². The molecule has 0 heterocycles. The minimum absolute atomic E-state index is 0.836. The molecule has 1 aliphatic carbocycles. The highest BCUT2D eigenvalue weighted by molar-refractivity contribution is 5.83. The van der Waals surface area contributed by atoms with Crippen LogP contribution < -0.4 is 5.73 Å². The van der Waals surface area contributed by atoms with E-state index in [4.69, 9.17) is 5.73 Å². The zero-order chi connectivity index (χ0) is 13.5. The lowest BCUT2D eigenvalue weighted by molar-refractivity contribution is 1.26. The second-order valence-electron chi connectivity index (χ2n) is 5.29. The van der Waals surface area contributed by atoms with Gasteiger partial charge in [0.2, 0.25) is 0 Å². The Morgan fingerprint density at radius 3 is 2.20 bits per heavy atom. The van der Waals surface area contributed by atoms with Crippen molar-refractivity contribution in [2.24, 2.45) is 0 Å². The number of anilines is 1. The first-order valence-corrected chi connectivity index (χ1v) is 6.89. The third-order valence-corrected chi connectivity index (χ3v) is 4.07. The number of hydrogen-bond acceptors (Lipinski definition) is 1. The lowest BCUT2D eigenvalue weighted by atomic mass is 9.98. The summed E-state index contributed by atoms with van der Waals surface area (Å²) in [5, 5.41) is 0. The maximum absolute atomic E-state index is 6.08. The summed E-state index contributed by atoms with van der Waals surface area (Å²) in [6.07, 6.45) is 1.02. The van der Waals surface area contributed by atoms with Crippen LogP contribution in [-0.2, 0) is 6.42 Å². The molecule has 0 unspecified atom stereocenters. The molecule has 96 valence electrons. The van der Waals surface area contributed by atoms with Crippen molar-refractivity contribution >= 4 is 5.69 Å². The van der Waals surface area contributed by atoms with Gasteiger partial charge in [-0.3, -0.25) is 0 Å². The van der Waals surface area contributed by atoms with Gasteiger partial charge in [0.1, 0.15) is 0 Å². The Bertz CT molecular complexity index is 802. The molecular formula is C19H15N. The number of nitrogens with two attached hydrogens (primary N) is 1. The van der Waals surface area contributed by atoms with E-state index in [1.165, 1.54) is 27.8 Å². The van der Waals surface area contributed by atoms with Gasteiger partial charge in [0.15, 0.2) is 0 Å². The number of rotatable bonds is 1. The van der Waals surface area contributed by atoms with E-state index in [0.717, 1.165) is 17.7 Å². The Balaban J connectivity index is 1.85. The van der Waals surface area contributed by atoms with Gasteiger partial charge in [-0.1, -0.05) is 60.7 Å². The van der Waals surface area contributed by atoms with E-state index in [1.807, 2.05) is 18.2 Å². The fraction of sp³-hybridized carbons (Fsp3) is 0.0526. The summed E-state index contributed by atoms with van der Waals surface area (Å²) in [5.41, 5.74) is 14.8. The molecule has 2 N–H and O–H groups in total. The molecule has 3 aromatic rings. The fourth-order valence-electron chi connectivity index (χ4n) is 3.07. The molecule has 1 aliphatic rings. The summed E-state index contributed by atoms with van der Waals surface area (Å²) in [7, 11) is 0. The molecule has 3 aromatic carbocycles. The number of benzene rings is 3. The number of fused-ring (bicyclic) bond motifs is 3. The van der Waals surface area contributed by atoms with Crippen LogP contribution in [0.4, 0.5) is 5.69 Å². The second kappa shape index (κ2) is 4.24. The van der Waals surface area contributed by atoms with Gasteiger partial charge in [-0.2, -0.15) is 0 Å². The van der Waals surface area contributed by atoms with Gasteiger partial charge in [-0.15, -0.1) is 0 Å².